The predicted octanol–water partition coefficient (Wildman–Crippen LogP) is 2.13. The van der Waals surface area contributed by atoms with Gasteiger partial charge in [0, 0.05) is 13.5 Å². The lowest BCUT2D eigenvalue weighted by molar-refractivity contribution is 0.143. The summed E-state index contributed by atoms with van der Waals surface area (Å²) in [5.41, 5.74) is 2.15. The van der Waals surface area contributed by atoms with Crippen LogP contribution in [-0.2, 0) is 13.5 Å². The van der Waals surface area contributed by atoms with Crippen LogP contribution >= 0.6 is 0 Å². The Bertz CT molecular complexity index is 546. The van der Waals surface area contributed by atoms with Gasteiger partial charge in [0.2, 0.25) is 0 Å². The van der Waals surface area contributed by atoms with Gasteiger partial charge in [0.15, 0.2) is 0 Å². The molecule has 17 heavy (non-hydrogen) atoms. The standard InChI is InChI=1S/C14H18N2O/c1-9-7-10(9)13(17)8-14-15-11-5-3-4-6-12(11)16(14)2/h3-6,9-10,13,17H,7-8H2,1-2H3. The van der Waals surface area contributed by atoms with E-state index in [0.717, 1.165) is 23.3 Å². The second-order valence-corrected chi connectivity index (χ2v) is 5.22. The fourth-order valence-corrected chi connectivity index (χ4v) is 2.60. The Balaban J connectivity index is 1.87. The summed E-state index contributed by atoms with van der Waals surface area (Å²) in [5, 5.41) is 10.1. The molecule has 3 rings (SSSR count). The maximum absolute atomic E-state index is 10.1. The summed E-state index contributed by atoms with van der Waals surface area (Å²) >= 11 is 0. The molecule has 1 aromatic heterocycles. The van der Waals surface area contributed by atoms with Gasteiger partial charge in [-0.05, 0) is 30.4 Å². The fraction of sp³-hybridized carbons (Fsp3) is 0.500. The zero-order valence-corrected chi connectivity index (χ0v) is 10.3. The largest absolute Gasteiger partial charge is 0.392 e. The lowest BCUT2D eigenvalue weighted by atomic mass is 10.1. The van der Waals surface area contributed by atoms with E-state index in [1.807, 2.05) is 25.2 Å². The monoisotopic (exact) mass is 230 g/mol. The van der Waals surface area contributed by atoms with Gasteiger partial charge in [-0.1, -0.05) is 19.1 Å². The molecule has 1 aliphatic rings. The molecule has 1 heterocycles. The maximum atomic E-state index is 10.1. The third-order valence-corrected chi connectivity index (χ3v) is 3.94. The van der Waals surface area contributed by atoms with E-state index in [-0.39, 0.29) is 6.10 Å². The highest BCUT2D eigenvalue weighted by molar-refractivity contribution is 5.75. The minimum Gasteiger partial charge on any atom is -0.392 e. The number of hydrogen-bond acceptors (Lipinski definition) is 2. The maximum Gasteiger partial charge on any atom is 0.112 e. The molecule has 1 aromatic carbocycles. The van der Waals surface area contributed by atoms with Crippen LogP contribution in [0, 0.1) is 11.8 Å². The van der Waals surface area contributed by atoms with Crippen molar-refractivity contribution in [3.05, 3.63) is 30.1 Å². The molecular weight excluding hydrogens is 212 g/mol. The lowest BCUT2D eigenvalue weighted by Crippen LogP contribution is -2.16. The Morgan fingerprint density at radius 2 is 2.18 bits per heavy atom. The number of para-hydroxylation sites is 2. The van der Waals surface area contributed by atoms with Gasteiger partial charge >= 0.3 is 0 Å². The summed E-state index contributed by atoms with van der Waals surface area (Å²) in [7, 11) is 2.02. The van der Waals surface area contributed by atoms with Gasteiger partial charge in [0.1, 0.15) is 5.82 Å². The number of aliphatic hydroxyl groups excluding tert-OH is 1. The van der Waals surface area contributed by atoms with Crippen LogP contribution in [0.25, 0.3) is 11.0 Å². The van der Waals surface area contributed by atoms with E-state index < -0.39 is 0 Å². The number of nitrogens with zero attached hydrogens (tertiary/aromatic N) is 2. The molecule has 0 aliphatic heterocycles. The summed E-state index contributed by atoms with van der Waals surface area (Å²) in [6.07, 6.45) is 1.59. The van der Waals surface area contributed by atoms with Crippen LogP contribution in [-0.4, -0.2) is 20.8 Å². The van der Waals surface area contributed by atoms with E-state index in [2.05, 4.69) is 22.5 Å². The van der Waals surface area contributed by atoms with Crippen LogP contribution in [0.2, 0.25) is 0 Å². The van der Waals surface area contributed by atoms with E-state index in [0.29, 0.717) is 18.3 Å². The molecule has 0 saturated heterocycles. The van der Waals surface area contributed by atoms with Gasteiger partial charge in [-0.25, -0.2) is 4.98 Å². The van der Waals surface area contributed by atoms with Crippen molar-refractivity contribution in [3.8, 4) is 0 Å². The van der Waals surface area contributed by atoms with Gasteiger partial charge in [-0.2, -0.15) is 0 Å². The molecule has 3 nitrogen and oxygen atoms in total. The summed E-state index contributed by atoms with van der Waals surface area (Å²) in [5.74, 6) is 2.15. The van der Waals surface area contributed by atoms with Gasteiger partial charge in [-0.3, -0.25) is 0 Å². The Hall–Kier alpha value is -1.35. The highest BCUT2D eigenvalue weighted by Crippen LogP contribution is 2.41. The van der Waals surface area contributed by atoms with Crippen LogP contribution in [0.15, 0.2) is 24.3 Å². The molecule has 0 bridgehead atoms. The lowest BCUT2D eigenvalue weighted by Gasteiger charge is -2.09. The zero-order valence-electron chi connectivity index (χ0n) is 10.3. The van der Waals surface area contributed by atoms with Gasteiger partial charge in [-0.15, -0.1) is 0 Å². The molecular formula is C14H18N2O. The van der Waals surface area contributed by atoms with E-state index in [1.165, 1.54) is 0 Å². The number of hydrogen-bond donors (Lipinski definition) is 1. The average molecular weight is 230 g/mol. The van der Waals surface area contributed by atoms with Crippen molar-refractivity contribution in [1.29, 1.82) is 0 Å². The molecule has 90 valence electrons. The van der Waals surface area contributed by atoms with Crippen LogP contribution in [0.1, 0.15) is 19.2 Å². The zero-order chi connectivity index (χ0) is 12.0. The Morgan fingerprint density at radius 3 is 2.82 bits per heavy atom. The number of fused-ring (bicyclic) bond motifs is 1. The predicted molar refractivity (Wildman–Crippen MR) is 67.7 cm³/mol. The highest BCUT2D eigenvalue weighted by atomic mass is 16.3. The molecule has 0 amide bonds. The molecule has 3 atom stereocenters. The van der Waals surface area contributed by atoms with E-state index in [4.69, 9.17) is 0 Å². The molecule has 3 heteroatoms. The average Bonchev–Trinajstić information content (AvgIpc) is 2.97. The first kappa shape index (κ1) is 10.8. The molecule has 1 saturated carbocycles. The molecule has 3 unspecified atom stereocenters. The quantitative estimate of drug-likeness (QED) is 0.877. The first-order valence-corrected chi connectivity index (χ1v) is 6.25. The number of aryl methyl sites for hydroxylation is 1. The molecule has 1 N–H and O–H groups in total. The van der Waals surface area contributed by atoms with E-state index in [1.54, 1.807) is 0 Å². The minimum atomic E-state index is -0.236. The normalized spacial score (nSPS) is 25.1. The van der Waals surface area contributed by atoms with Crippen molar-refractivity contribution in [2.45, 2.75) is 25.9 Å². The summed E-state index contributed by atoms with van der Waals surface area (Å²) in [4.78, 5) is 4.59. The smallest absolute Gasteiger partial charge is 0.112 e. The van der Waals surface area contributed by atoms with Gasteiger partial charge in [0.25, 0.3) is 0 Å². The number of aliphatic hydroxyl groups is 1. The minimum absolute atomic E-state index is 0.236. The molecule has 1 aliphatic carbocycles. The van der Waals surface area contributed by atoms with Crippen LogP contribution in [0.4, 0.5) is 0 Å². The number of benzene rings is 1. The molecule has 0 radical (unpaired) electrons. The van der Waals surface area contributed by atoms with Crippen LogP contribution < -0.4 is 0 Å². The first-order valence-electron chi connectivity index (χ1n) is 6.25. The molecule has 2 aromatic rings. The Morgan fingerprint density at radius 1 is 1.47 bits per heavy atom. The van der Waals surface area contributed by atoms with Crippen molar-refractivity contribution in [2.75, 3.05) is 0 Å². The van der Waals surface area contributed by atoms with Crippen molar-refractivity contribution in [1.82, 2.24) is 9.55 Å². The molecule has 1 fully saturated rings. The number of aromatic nitrogens is 2. The highest BCUT2D eigenvalue weighted by Gasteiger charge is 2.39. The number of imidazole rings is 1. The van der Waals surface area contributed by atoms with E-state index >= 15 is 0 Å². The van der Waals surface area contributed by atoms with Crippen LogP contribution in [0.5, 0.6) is 0 Å². The van der Waals surface area contributed by atoms with Gasteiger partial charge in [0.05, 0.1) is 17.1 Å². The Labute approximate surface area is 101 Å². The summed E-state index contributed by atoms with van der Waals surface area (Å²) in [6, 6.07) is 8.11. The summed E-state index contributed by atoms with van der Waals surface area (Å²) < 4.78 is 2.09. The topological polar surface area (TPSA) is 38.1 Å². The SMILES string of the molecule is CC1CC1C(O)Cc1nc2ccccc2n1C. The first-order chi connectivity index (χ1) is 8.16. The fourth-order valence-electron chi connectivity index (χ4n) is 2.60. The third-order valence-electron chi connectivity index (χ3n) is 3.94. The van der Waals surface area contributed by atoms with Crippen molar-refractivity contribution < 1.29 is 5.11 Å². The summed E-state index contributed by atoms with van der Waals surface area (Å²) in [6.45, 7) is 2.20. The van der Waals surface area contributed by atoms with Crippen molar-refractivity contribution >= 4 is 11.0 Å². The van der Waals surface area contributed by atoms with Crippen molar-refractivity contribution in [3.63, 3.8) is 0 Å². The third kappa shape index (κ3) is 1.84. The Kier molecular flexibility index (Phi) is 2.44. The number of rotatable bonds is 3. The second-order valence-electron chi connectivity index (χ2n) is 5.22. The van der Waals surface area contributed by atoms with Gasteiger partial charge < -0.3 is 9.67 Å². The molecule has 0 spiro atoms. The van der Waals surface area contributed by atoms with Crippen LogP contribution in [0.3, 0.4) is 0 Å². The second kappa shape index (κ2) is 3.84. The van der Waals surface area contributed by atoms with E-state index in [9.17, 15) is 5.11 Å². The van der Waals surface area contributed by atoms with Crippen molar-refractivity contribution in [2.24, 2.45) is 18.9 Å².